The number of hydrogen-bond donors (Lipinski definition) is 3. The zero-order valence-corrected chi connectivity index (χ0v) is 12.9. The molecule has 0 bridgehead atoms. The van der Waals surface area contributed by atoms with Gasteiger partial charge in [0.1, 0.15) is 5.69 Å². The number of esters is 1. The van der Waals surface area contributed by atoms with Gasteiger partial charge in [0.15, 0.2) is 0 Å². The zero-order chi connectivity index (χ0) is 17.1. The van der Waals surface area contributed by atoms with Crippen LogP contribution in [0.3, 0.4) is 0 Å². The van der Waals surface area contributed by atoms with Crippen molar-refractivity contribution in [2.24, 2.45) is 0 Å². The molecule has 0 saturated carbocycles. The van der Waals surface area contributed by atoms with Crippen LogP contribution in [0.2, 0.25) is 0 Å². The van der Waals surface area contributed by atoms with Gasteiger partial charge < -0.3 is 10.1 Å². The highest BCUT2D eigenvalue weighted by atomic mass is 19.4. The van der Waals surface area contributed by atoms with Crippen LogP contribution in [-0.4, -0.2) is 18.3 Å². The molecule has 124 valence electrons. The first kappa shape index (κ1) is 16.8. The zero-order valence-electron chi connectivity index (χ0n) is 12.9. The molecule has 0 unspecified atom stereocenters. The lowest BCUT2D eigenvalue weighted by Gasteiger charge is -2.31. The van der Waals surface area contributed by atoms with Gasteiger partial charge in [-0.3, -0.25) is 10.7 Å². The number of carbonyl (C=O) groups is 1. The van der Waals surface area contributed by atoms with Crippen LogP contribution >= 0.6 is 0 Å². The number of ether oxygens (including phenoxy) is 1. The van der Waals surface area contributed by atoms with Crippen LogP contribution in [0.4, 0.5) is 14.6 Å². The second-order valence-electron chi connectivity index (χ2n) is 5.03. The quantitative estimate of drug-likeness (QED) is 0.449. The summed E-state index contributed by atoms with van der Waals surface area (Å²) < 4.78 is 31.2. The van der Waals surface area contributed by atoms with Crippen LogP contribution in [0.25, 0.3) is 0 Å². The third kappa shape index (κ3) is 2.98. The van der Waals surface area contributed by atoms with E-state index in [-0.39, 0.29) is 22.5 Å². The van der Waals surface area contributed by atoms with Crippen molar-refractivity contribution in [1.82, 2.24) is 10.8 Å². The maximum atomic E-state index is 13.2. The first-order valence-electron chi connectivity index (χ1n) is 6.80. The second kappa shape index (κ2) is 6.66. The summed E-state index contributed by atoms with van der Waals surface area (Å²) in [6.07, 6.45) is 0. The Labute approximate surface area is 131 Å². The van der Waals surface area contributed by atoms with E-state index in [1.807, 2.05) is 5.48 Å². The second-order valence-corrected chi connectivity index (χ2v) is 5.03. The van der Waals surface area contributed by atoms with Crippen LogP contribution in [0, 0.1) is 0 Å². The molecule has 1 atom stereocenters. The van der Waals surface area contributed by atoms with E-state index < -0.39 is 17.2 Å². The largest absolute Gasteiger partial charge is 0.466 e. The number of hydrogen-bond acceptors (Lipinski definition) is 6. The van der Waals surface area contributed by atoms with Gasteiger partial charge in [-0.05, 0) is 30.8 Å². The maximum absolute atomic E-state index is 13.2. The summed E-state index contributed by atoms with van der Waals surface area (Å²) in [5.74, 6) is -1.58. The first-order valence-corrected chi connectivity index (χ1v) is 6.80. The molecular weight excluding hydrogens is 308 g/mol. The summed E-state index contributed by atoms with van der Waals surface area (Å²) in [5.41, 5.74) is 3.13. The average Bonchev–Trinajstić information content (AvgIpc) is 2.53. The standard InChI is InChI=1S/C15H17F2N3O3/c1-8-12(15(21)23-3)13(14(19-22)9(2)18-8)10-6-4-5-7-11(10)20(16)17/h4-7,13,18-19,22H,1-3H3/t13-/m0/s1. The Morgan fingerprint density at radius 3 is 2.52 bits per heavy atom. The molecule has 0 fully saturated rings. The van der Waals surface area contributed by atoms with Gasteiger partial charge in [0.2, 0.25) is 0 Å². The lowest BCUT2D eigenvalue weighted by atomic mass is 9.83. The molecule has 0 radical (unpaired) electrons. The summed E-state index contributed by atoms with van der Waals surface area (Å²) in [6.45, 7) is 3.30. The Morgan fingerprint density at radius 2 is 1.96 bits per heavy atom. The molecule has 8 heteroatoms. The van der Waals surface area contributed by atoms with Gasteiger partial charge in [-0.2, -0.15) is 0 Å². The molecule has 0 aliphatic carbocycles. The summed E-state index contributed by atoms with van der Waals surface area (Å²) >= 11 is 0. The highest BCUT2D eigenvalue weighted by Gasteiger charge is 2.36. The lowest BCUT2D eigenvalue weighted by Crippen LogP contribution is -2.33. The smallest absolute Gasteiger partial charge is 0.336 e. The molecular formula is C15H17F2N3O3. The van der Waals surface area contributed by atoms with Crippen molar-refractivity contribution >= 4 is 11.7 Å². The molecule has 1 aromatic carbocycles. The highest BCUT2D eigenvalue weighted by Crippen LogP contribution is 2.41. The number of para-hydroxylation sites is 1. The van der Waals surface area contributed by atoms with E-state index in [0.717, 1.165) is 0 Å². The minimum absolute atomic E-state index is 0.143. The Balaban J connectivity index is 2.71. The van der Waals surface area contributed by atoms with E-state index in [1.165, 1.54) is 25.3 Å². The molecule has 6 nitrogen and oxygen atoms in total. The molecule has 23 heavy (non-hydrogen) atoms. The fraction of sp³-hybridized carbons (Fsp3) is 0.267. The van der Waals surface area contributed by atoms with Crippen molar-refractivity contribution in [3.8, 4) is 0 Å². The minimum atomic E-state index is -1.02. The number of benzene rings is 1. The minimum Gasteiger partial charge on any atom is -0.466 e. The van der Waals surface area contributed by atoms with E-state index >= 15 is 0 Å². The van der Waals surface area contributed by atoms with Crippen molar-refractivity contribution in [1.29, 1.82) is 0 Å². The van der Waals surface area contributed by atoms with Crippen molar-refractivity contribution in [2.75, 3.05) is 12.5 Å². The Bertz CT molecular complexity index is 686. The fourth-order valence-corrected chi connectivity index (χ4v) is 2.72. The maximum Gasteiger partial charge on any atom is 0.336 e. The van der Waals surface area contributed by atoms with Gasteiger partial charge in [-0.25, -0.2) is 4.79 Å². The van der Waals surface area contributed by atoms with Crippen molar-refractivity contribution in [3.05, 3.63) is 52.5 Å². The van der Waals surface area contributed by atoms with Gasteiger partial charge in [0.05, 0.1) is 24.3 Å². The Morgan fingerprint density at radius 1 is 1.30 bits per heavy atom. The fourth-order valence-electron chi connectivity index (χ4n) is 2.72. The number of hydroxylamine groups is 1. The summed E-state index contributed by atoms with van der Waals surface area (Å²) in [7, 11) is 1.21. The molecule has 3 N–H and O–H groups in total. The van der Waals surface area contributed by atoms with Crippen molar-refractivity contribution in [2.45, 2.75) is 19.8 Å². The van der Waals surface area contributed by atoms with Crippen LogP contribution in [0.15, 0.2) is 46.9 Å². The number of halogens is 2. The number of carbonyl (C=O) groups excluding carboxylic acids is 1. The predicted molar refractivity (Wildman–Crippen MR) is 79.4 cm³/mol. The topological polar surface area (TPSA) is 73.8 Å². The van der Waals surface area contributed by atoms with Gasteiger partial charge in [-0.15, -0.1) is 0 Å². The molecule has 0 amide bonds. The van der Waals surface area contributed by atoms with Gasteiger partial charge in [0.25, 0.3) is 0 Å². The van der Waals surface area contributed by atoms with Crippen LogP contribution in [0.5, 0.6) is 0 Å². The number of nitrogens with one attached hydrogen (secondary N) is 2. The van der Waals surface area contributed by atoms with Crippen molar-refractivity contribution in [3.63, 3.8) is 0 Å². The van der Waals surface area contributed by atoms with E-state index in [1.54, 1.807) is 19.9 Å². The third-order valence-corrected chi connectivity index (χ3v) is 3.72. The van der Waals surface area contributed by atoms with Gasteiger partial charge >= 0.3 is 5.97 Å². The summed E-state index contributed by atoms with van der Waals surface area (Å²) in [6, 6.07) is 5.74. The number of rotatable bonds is 4. The van der Waals surface area contributed by atoms with E-state index in [0.29, 0.717) is 11.4 Å². The first-order chi connectivity index (χ1) is 10.9. The van der Waals surface area contributed by atoms with Gasteiger partial charge in [0, 0.05) is 11.4 Å². The Kier molecular flexibility index (Phi) is 4.85. The van der Waals surface area contributed by atoms with Crippen LogP contribution in [0.1, 0.15) is 25.3 Å². The lowest BCUT2D eigenvalue weighted by molar-refractivity contribution is -0.136. The van der Waals surface area contributed by atoms with Gasteiger partial charge in [-0.1, -0.05) is 27.2 Å². The number of dihydropyridines is 1. The summed E-state index contributed by atoms with van der Waals surface area (Å²) in [4.78, 5) is 12.2. The highest BCUT2D eigenvalue weighted by molar-refractivity contribution is 5.93. The Hall–Kier alpha value is -2.61. The van der Waals surface area contributed by atoms with E-state index in [9.17, 15) is 19.0 Å². The van der Waals surface area contributed by atoms with E-state index in [4.69, 9.17) is 4.74 Å². The molecule has 2 rings (SSSR count). The number of methoxy groups -OCH3 is 1. The third-order valence-electron chi connectivity index (χ3n) is 3.72. The van der Waals surface area contributed by atoms with Crippen molar-refractivity contribution < 1.29 is 23.7 Å². The van der Waals surface area contributed by atoms with Crippen LogP contribution in [-0.2, 0) is 9.53 Å². The normalized spacial score (nSPS) is 17.7. The van der Waals surface area contributed by atoms with Crippen LogP contribution < -0.4 is 16.1 Å². The summed E-state index contributed by atoms with van der Waals surface area (Å²) in [5, 5.41) is 11.4. The molecule has 1 aliphatic heterocycles. The molecule has 1 heterocycles. The molecule has 1 aromatic rings. The molecule has 0 saturated heterocycles. The molecule has 0 spiro atoms. The molecule has 0 aromatic heterocycles. The number of anilines is 1. The molecule has 1 aliphatic rings. The number of allylic oxidation sites excluding steroid dienone is 3. The average molecular weight is 325 g/mol. The monoisotopic (exact) mass is 325 g/mol. The SMILES string of the molecule is COC(=O)C1=C(C)NC(C)=C(NO)[C@H]1c1ccccc1N(F)F. The predicted octanol–water partition coefficient (Wildman–Crippen LogP) is 2.61. The van der Waals surface area contributed by atoms with E-state index in [2.05, 4.69) is 5.32 Å². The number of nitrogens with zero attached hydrogens (tertiary/aromatic N) is 1.